The molecule has 0 saturated heterocycles. The standard InChI is InChI=1S/C12H25NO3/c1-11-3-2-4-12(15,9-11)10-13-5-7-16-8-6-14/h11,13-15H,2-10H2,1H3. The third-order valence-corrected chi connectivity index (χ3v) is 3.18. The van der Waals surface area contributed by atoms with Crippen LogP contribution in [0, 0.1) is 5.92 Å². The van der Waals surface area contributed by atoms with Gasteiger partial charge in [-0.05, 0) is 18.8 Å². The fraction of sp³-hybridized carbons (Fsp3) is 1.00. The van der Waals surface area contributed by atoms with Crippen molar-refractivity contribution in [2.45, 2.75) is 38.2 Å². The summed E-state index contributed by atoms with van der Waals surface area (Å²) < 4.78 is 5.13. The predicted octanol–water partition coefficient (Wildman–Crippen LogP) is 0.526. The maximum atomic E-state index is 10.3. The van der Waals surface area contributed by atoms with Gasteiger partial charge in [0.2, 0.25) is 0 Å². The Morgan fingerprint density at radius 3 is 2.94 bits per heavy atom. The molecule has 1 aliphatic rings. The van der Waals surface area contributed by atoms with Gasteiger partial charge in [0.05, 0.1) is 25.4 Å². The van der Waals surface area contributed by atoms with E-state index in [1.165, 1.54) is 6.42 Å². The lowest BCUT2D eigenvalue weighted by Crippen LogP contribution is -2.44. The minimum absolute atomic E-state index is 0.0709. The minimum Gasteiger partial charge on any atom is -0.394 e. The molecule has 1 fully saturated rings. The largest absolute Gasteiger partial charge is 0.394 e. The Hall–Kier alpha value is -0.160. The first kappa shape index (κ1) is 13.9. The van der Waals surface area contributed by atoms with Gasteiger partial charge >= 0.3 is 0 Å². The van der Waals surface area contributed by atoms with Gasteiger partial charge in [0.15, 0.2) is 0 Å². The number of nitrogens with one attached hydrogen (secondary N) is 1. The van der Waals surface area contributed by atoms with Gasteiger partial charge in [-0.25, -0.2) is 0 Å². The van der Waals surface area contributed by atoms with Crippen LogP contribution >= 0.6 is 0 Å². The Morgan fingerprint density at radius 2 is 2.25 bits per heavy atom. The summed E-state index contributed by atoms with van der Waals surface area (Å²) in [5.74, 6) is 0.631. The van der Waals surface area contributed by atoms with Gasteiger partial charge in [-0.1, -0.05) is 19.8 Å². The van der Waals surface area contributed by atoms with E-state index < -0.39 is 5.60 Å². The van der Waals surface area contributed by atoms with Gasteiger partial charge in [-0.3, -0.25) is 0 Å². The Labute approximate surface area is 98.0 Å². The molecule has 0 amide bonds. The molecule has 0 aromatic carbocycles. The van der Waals surface area contributed by atoms with Crippen molar-refractivity contribution in [2.75, 3.05) is 32.9 Å². The molecule has 2 unspecified atom stereocenters. The normalized spacial score (nSPS) is 30.6. The van der Waals surface area contributed by atoms with Gasteiger partial charge in [-0.15, -0.1) is 0 Å². The summed E-state index contributed by atoms with van der Waals surface area (Å²) in [6, 6.07) is 0. The lowest BCUT2D eigenvalue weighted by molar-refractivity contribution is -0.0131. The molecule has 4 nitrogen and oxygen atoms in total. The second-order valence-corrected chi connectivity index (χ2v) is 4.94. The van der Waals surface area contributed by atoms with Crippen molar-refractivity contribution in [3.05, 3.63) is 0 Å². The van der Waals surface area contributed by atoms with Crippen LogP contribution in [0.5, 0.6) is 0 Å². The molecule has 1 saturated carbocycles. The fourth-order valence-corrected chi connectivity index (χ4v) is 2.42. The molecular weight excluding hydrogens is 206 g/mol. The highest BCUT2D eigenvalue weighted by molar-refractivity contribution is 4.86. The van der Waals surface area contributed by atoms with Crippen molar-refractivity contribution in [2.24, 2.45) is 5.92 Å². The average molecular weight is 231 g/mol. The monoisotopic (exact) mass is 231 g/mol. The van der Waals surface area contributed by atoms with E-state index >= 15 is 0 Å². The van der Waals surface area contributed by atoms with Crippen LogP contribution in [0.1, 0.15) is 32.6 Å². The van der Waals surface area contributed by atoms with Gasteiger partial charge in [0.25, 0.3) is 0 Å². The second kappa shape index (κ2) is 7.22. The van der Waals surface area contributed by atoms with Crippen LogP contribution in [0.2, 0.25) is 0 Å². The molecule has 0 heterocycles. The molecule has 0 radical (unpaired) electrons. The summed E-state index contributed by atoms with van der Waals surface area (Å²) in [7, 11) is 0. The molecule has 0 aromatic heterocycles. The van der Waals surface area contributed by atoms with Crippen LogP contribution in [-0.2, 0) is 4.74 Å². The molecule has 1 rings (SSSR count). The van der Waals surface area contributed by atoms with Gasteiger partial charge in [-0.2, -0.15) is 0 Å². The van der Waals surface area contributed by atoms with Crippen molar-refractivity contribution >= 4 is 0 Å². The summed E-state index contributed by atoms with van der Waals surface area (Å²) in [5, 5.41) is 22.0. The molecule has 16 heavy (non-hydrogen) atoms. The van der Waals surface area contributed by atoms with Crippen molar-refractivity contribution in [3.8, 4) is 0 Å². The van der Waals surface area contributed by atoms with Crippen LogP contribution in [0.15, 0.2) is 0 Å². The van der Waals surface area contributed by atoms with Gasteiger partial charge < -0.3 is 20.3 Å². The van der Waals surface area contributed by atoms with Crippen molar-refractivity contribution in [1.82, 2.24) is 5.32 Å². The molecule has 1 aliphatic carbocycles. The highest BCUT2D eigenvalue weighted by atomic mass is 16.5. The molecule has 4 heteroatoms. The zero-order valence-corrected chi connectivity index (χ0v) is 10.2. The Kier molecular flexibility index (Phi) is 6.28. The van der Waals surface area contributed by atoms with Crippen LogP contribution in [0.4, 0.5) is 0 Å². The lowest BCUT2D eigenvalue weighted by Gasteiger charge is -2.35. The Morgan fingerprint density at radius 1 is 1.44 bits per heavy atom. The topological polar surface area (TPSA) is 61.7 Å². The first-order valence-corrected chi connectivity index (χ1v) is 6.28. The summed E-state index contributed by atoms with van der Waals surface area (Å²) in [4.78, 5) is 0. The number of hydrogen-bond acceptors (Lipinski definition) is 4. The smallest absolute Gasteiger partial charge is 0.0774 e. The first-order chi connectivity index (χ1) is 7.66. The number of hydrogen-bond donors (Lipinski definition) is 3. The molecule has 0 spiro atoms. The number of ether oxygens (including phenoxy) is 1. The molecule has 0 bridgehead atoms. The fourth-order valence-electron chi connectivity index (χ4n) is 2.42. The van der Waals surface area contributed by atoms with Crippen LogP contribution in [0.25, 0.3) is 0 Å². The van der Waals surface area contributed by atoms with E-state index in [0.717, 1.165) is 25.8 Å². The SMILES string of the molecule is CC1CCCC(O)(CNCCOCCO)C1. The lowest BCUT2D eigenvalue weighted by atomic mass is 9.79. The quantitative estimate of drug-likeness (QED) is 0.559. The second-order valence-electron chi connectivity index (χ2n) is 4.94. The number of aliphatic hydroxyl groups excluding tert-OH is 1. The Bertz CT molecular complexity index is 189. The van der Waals surface area contributed by atoms with E-state index in [9.17, 15) is 5.11 Å². The summed E-state index contributed by atoms with van der Waals surface area (Å²) in [5.41, 5.74) is -0.519. The molecule has 2 atom stereocenters. The average Bonchev–Trinajstić information content (AvgIpc) is 2.23. The molecule has 0 aromatic rings. The Balaban J connectivity index is 2.06. The van der Waals surface area contributed by atoms with Gasteiger partial charge in [0.1, 0.15) is 0 Å². The molecule has 0 aliphatic heterocycles. The minimum atomic E-state index is -0.519. The zero-order chi connectivity index (χ0) is 11.9. The zero-order valence-electron chi connectivity index (χ0n) is 10.2. The summed E-state index contributed by atoms with van der Waals surface area (Å²) in [6.45, 7) is 4.64. The van der Waals surface area contributed by atoms with E-state index in [-0.39, 0.29) is 6.61 Å². The van der Waals surface area contributed by atoms with Crippen LogP contribution in [-0.4, -0.2) is 48.7 Å². The molecule has 96 valence electrons. The summed E-state index contributed by atoms with van der Waals surface area (Å²) in [6.07, 6.45) is 4.17. The maximum absolute atomic E-state index is 10.3. The van der Waals surface area contributed by atoms with Crippen LogP contribution < -0.4 is 5.32 Å². The van der Waals surface area contributed by atoms with E-state index in [0.29, 0.717) is 25.7 Å². The van der Waals surface area contributed by atoms with Crippen LogP contribution in [0.3, 0.4) is 0 Å². The maximum Gasteiger partial charge on any atom is 0.0774 e. The predicted molar refractivity (Wildman–Crippen MR) is 63.4 cm³/mol. The first-order valence-electron chi connectivity index (χ1n) is 6.28. The highest BCUT2D eigenvalue weighted by Crippen LogP contribution is 2.31. The third-order valence-electron chi connectivity index (χ3n) is 3.18. The van der Waals surface area contributed by atoms with Crippen molar-refractivity contribution < 1.29 is 14.9 Å². The molecule has 3 N–H and O–H groups in total. The number of rotatable bonds is 7. The van der Waals surface area contributed by atoms with E-state index in [2.05, 4.69) is 12.2 Å². The van der Waals surface area contributed by atoms with E-state index in [4.69, 9.17) is 9.84 Å². The molecular formula is C12H25NO3. The number of aliphatic hydroxyl groups is 2. The van der Waals surface area contributed by atoms with E-state index in [1.807, 2.05) is 0 Å². The van der Waals surface area contributed by atoms with Gasteiger partial charge in [0, 0.05) is 13.1 Å². The highest BCUT2D eigenvalue weighted by Gasteiger charge is 2.31. The van der Waals surface area contributed by atoms with E-state index in [1.54, 1.807) is 0 Å². The van der Waals surface area contributed by atoms with Crippen molar-refractivity contribution in [1.29, 1.82) is 0 Å². The summed E-state index contributed by atoms with van der Waals surface area (Å²) >= 11 is 0. The van der Waals surface area contributed by atoms with Crippen molar-refractivity contribution in [3.63, 3.8) is 0 Å². The third kappa shape index (κ3) is 5.25.